The van der Waals surface area contributed by atoms with Crippen LogP contribution in [0.15, 0.2) is 89.7 Å². The summed E-state index contributed by atoms with van der Waals surface area (Å²) in [6.07, 6.45) is -2.62. The molecular formula is C23H22NO2PS. The standard InChI is InChI=1S/C23H22NO2PS/c1-3-26-23(25)22(19-12-10-11-18(2)17-19)24-27(28,20-13-6-4-7-14-20)21-15-8-5-9-16-21/h4-17H,3H2,1-2H3/b24-22+. The normalized spacial score (nSPS) is 11.9. The number of ether oxygens (including phenoxy) is 1. The first-order chi connectivity index (χ1) is 13.5. The van der Waals surface area contributed by atoms with Crippen molar-refractivity contribution in [3.05, 3.63) is 96.1 Å². The first-order valence-corrected chi connectivity index (χ1v) is 11.9. The molecule has 0 aromatic heterocycles. The summed E-state index contributed by atoms with van der Waals surface area (Å²) in [5.41, 5.74) is 2.04. The minimum absolute atomic E-state index is 0.279. The highest BCUT2D eigenvalue weighted by Gasteiger charge is 2.26. The van der Waals surface area contributed by atoms with Crippen molar-refractivity contribution in [2.24, 2.45) is 4.76 Å². The zero-order chi connectivity index (χ0) is 20.0. The third-order valence-electron chi connectivity index (χ3n) is 4.21. The second-order valence-electron chi connectivity index (χ2n) is 6.29. The predicted molar refractivity (Wildman–Crippen MR) is 121 cm³/mol. The van der Waals surface area contributed by atoms with E-state index < -0.39 is 12.2 Å². The third kappa shape index (κ3) is 4.46. The number of hydrogen-bond donors (Lipinski definition) is 0. The summed E-state index contributed by atoms with van der Waals surface area (Å²) in [5.74, 6) is -0.450. The van der Waals surface area contributed by atoms with Crippen molar-refractivity contribution < 1.29 is 9.53 Å². The molecule has 3 nitrogen and oxygen atoms in total. The van der Waals surface area contributed by atoms with Crippen LogP contribution in [-0.4, -0.2) is 18.3 Å². The highest BCUT2D eigenvalue weighted by Crippen LogP contribution is 2.46. The molecule has 0 unspecified atom stereocenters. The number of carbonyl (C=O) groups is 1. The second-order valence-corrected chi connectivity index (χ2v) is 10.3. The number of hydrogen-bond acceptors (Lipinski definition) is 3. The first-order valence-electron chi connectivity index (χ1n) is 9.10. The summed E-state index contributed by atoms with van der Waals surface area (Å²) in [4.78, 5) is 12.8. The Morgan fingerprint density at radius 2 is 1.50 bits per heavy atom. The van der Waals surface area contributed by atoms with Crippen LogP contribution in [0.2, 0.25) is 0 Å². The summed E-state index contributed by atoms with van der Waals surface area (Å²) in [5, 5.41) is 1.87. The zero-order valence-corrected chi connectivity index (χ0v) is 17.6. The molecule has 0 aliphatic heterocycles. The maximum atomic E-state index is 12.8. The van der Waals surface area contributed by atoms with Crippen LogP contribution in [0, 0.1) is 6.92 Å². The Morgan fingerprint density at radius 3 is 2.00 bits per heavy atom. The number of carbonyl (C=O) groups excluding carboxylic acids is 1. The van der Waals surface area contributed by atoms with Gasteiger partial charge in [0.2, 0.25) is 0 Å². The maximum Gasteiger partial charge on any atom is 0.357 e. The fourth-order valence-electron chi connectivity index (χ4n) is 2.87. The molecule has 0 aliphatic rings. The Labute approximate surface area is 171 Å². The van der Waals surface area contributed by atoms with Crippen LogP contribution < -0.4 is 10.6 Å². The van der Waals surface area contributed by atoms with E-state index >= 15 is 0 Å². The molecule has 0 N–H and O–H groups in total. The van der Waals surface area contributed by atoms with Crippen molar-refractivity contribution in [1.82, 2.24) is 0 Å². The van der Waals surface area contributed by atoms with E-state index in [2.05, 4.69) is 0 Å². The van der Waals surface area contributed by atoms with Gasteiger partial charge in [-0.05, 0) is 19.9 Å². The number of aryl methyl sites for hydroxylation is 1. The smallest absolute Gasteiger partial charge is 0.357 e. The molecule has 0 bridgehead atoms. The highest BCUT2D eigenvalue weighted by atomic mass is 32.4. The van der Waals surface area contributed by atoms with Gasteiger partial charge in [-0.15, -0.1) is 0 Å². The largest absolute Gasteiger partial charge is 0.461 e. The van der Waals surface area contributed by atoms with Gasteiger partial charge >= 0.3 is 5.97 Å². The number of esters is 1. The van der Waals surface area contributed by atoms with Crippen molar-refractivity contribution in [2.45, 2.75) is 13.8 Å². The minimum atomic E-state index is -2.62. The number of nitrogens with zero attached hydrogens (tertiary/aromatic N) is 1. The average molecular weight is 407 g/mol. The van der Waals surface area contributed by atoms with E-state index in [9.17, 15) is 4.79 Å². The van der Waals surface area contributed by atoms with Crippen molar-refractivity contribution in [3.63, 3.8) is 0 Å². The van der Waals surface area contributed by atoms with Gasteiger partial charge < -0.3 is 4.74 Å². The molecule has 0 spiro atoms. The van der Waals surface area contributed by atoms with Crippen LogP contribution in [0.1, 0.15) is 18.1 Å². The van der Waals surface area contributed by atoms with Crippen molar-refractivity contribution in [2.75, 3.05) is 6.61 Å². The Bertz CT molecular complexity index is 989. The van der Waals surface area contributed by atoms with E-state index in [1.165, 1.54) is 0 Å². The summed E-state index contributed by atoms with van der Waals surface area (Å²) in [6, 6.07) is 27.3. The summed E-state index contributed by atoms with van der Waals surface area (Å²) >= 11 is 6.16. The molecule has 0 aliphatic carbocycles. The SMILES string of the molecule is CCOC(=O)/C(=N/P(=S)(c1ccccc1)c1ccccc1)c1cccc(C)c1. The molecule has 0 atom stereocenters. The third-order valence-corrected chi connectivity index (χ3v) is 8.20. The van der Waals surface area contributed by atoms with E-state index in [4.69, 9.17) is 21.3 Å². The van der Waals surface area contributed by atoms with Crippen LogP contribution in [-0.2, 0) is 21.3 Å². The van der Waals surface area contributed by atoms with E-state index in [0.29, 0.717) is 0 Å². The van der Waals surface area contributed by atoms with Gasteiger partial charge in [-0.2, -0.15) is 0 Å². The number of benzene rings is 3. The van der Waals surface area contributed by atoms with Gasteiger partial charge in [0.05, 0.1) is 6.61 Å². The topological polar surface area (TPSA) is 38.7 Å². The molecule has 0 radical (unpaired) electrons. The molecule has 0 amide bonds. The van der Waals surface area contributed by atoms with Gasteiger partial charge in [-0.3, -0.25) is 0 Å². The Kier molecular flexibility index (Phi) is 6.56. The van der Waals surface area contributed by atoms with Crippen LogP contribution in [0.3, 0.4) is 0 Å². The minimum Gasteiger partial charge on any atom is -0.461 e. The van der Waals surface area contributed by atoms with Crippen LogP contribution >= 0.6 is 6.19 Å². The van der Waals surface area contributed by atoms with Gasteiger partial charge in [0.15, 0.2) is 5.71 Å². The molecular weight excluding hydrogens is 385 g/mol. The van der Waals surface area contributed by atoms with Crippen molar-refractivity contribution in [3.8, 4) is 0 Å². The molecule has 3 aromatic carbocycles. The molecule has 0 saturated heterocycles. The molecule has 5 heteroatoms. The van der Waals surface area contributed by atoms with E-state index in [0.717, 1.165) is 21.7 Å². The Morgan fingerprint density at radius 1 is 0.929 bits per heavy atom. The van der Waals surface area contributed by atoms with Crippen molar-refractivity contribution >= 4 is 40.3 Å². The number of rotatable bonds is 6. The molecule has 0 saturated carbocycles. The van der Waals surface area contributed by atoms with Crippen molar-refractivity contribution in [1.29, 1.82) is 0 Å². The average Bonchev–Trinajstić information content (AvgIpc) is 2.73. The second kappa shape index (κ2) is 9.09. The molecule has 3 rings (SSSR count). The fourth-order valence-corrected chi connectivity index (χ4v) is 6.01. The summed E-state index contributed by atoms with van der Waals surface area (Å²) in [6.45, 7) is 4.05. The lowest BCUT2D eigenvalue weighted by Crippen LogP contribution is -2.22. The van der Waals surface area contributed by atoms with E-state index in [1.54, 1.807) is 6.92 Å². The zero-order valence-electron chi connectivity index (χ0n) is 15.9. The highest BCUT2D eigenvalue weighted by molar-refractivity contribution is 8.21. The van der Waals surface area contributed by atoms with Gasteiger partial charge in [0, 0.05) is 16.2 Å². The lowest BCUT2D eigenvalue weighted by molar-refractivity contribution is -0.134. The van der Waals surface area contributed by atoms with Gasteiger partial charge in [0.1, 0.15) is 6.19 Å². The quantitative estimate of drug-likeness (QED) is 0.346. The lowest BCUT2D eigenvalue weighted by Gasteiger charge is -2.20. The van der Waals surface area contributed by atoms with Gasteiger partial charge in [-0.1, -0.05) is 96.2 Å². The monoisotopic (exact) mass is 407 g/mol. The lowest BCUT2D eigenvalue weighted by atomic mass is 10.1. The summed E-state index contributed by atoms with van der Waals surface area (Å²) < 4.78 is 10.3. The van der Waals surface area contributed by atoms with E-state index in [1.807, 2.05) is 91.9 Å². The molecule has 3 aromatic rings. The van der Waals surface area contributed by atoms with Crippen LogP contribution in [0.4, 0.5) is 0 Å². The van der Waals surface area contributed by atoms with Crippen LogP contribution in [0.25, 0.3) is 0 Å². The van der Waals surface area contributed by atoms with Gasteiger partial charge in [-0.25, -0.2) is 9.56 Å². The summed E-state index contributed by atoms with van der Waals surface area (Å²) in [7, 11) is 0. The Hall–Kier alpha value is -2.55. The predicted octanol–water partition coefficient (Wildman–Crippen LogP) is 4.39. The molecule has 28 heavy (non-hydrogen) atoms. The Balaban J connectivity index is 2.26. The van der Waals surface area contributed by atoms with Gasteiger partial charge in [0.25, 0.3) is 0 Å². The fraction of sp³-hybridized carbons (Fsp3) is 0.130. The molecule has 0 fully saturated rings. The van der Waals surface area contributed by atoms with E-state index in [-0.39, 0.29) is 12.3 Å². The maximum absolute atomic E-state index is 12.8. The first kappa shape index (κ1) is 20.2. The molecule has 0 heterocycles. The molecule has 142 valence electrons. The van der Waals surface area contributed by atoms with Crippen LogP contribution in [0.5, 0.6) is 0 Å².